The van der Waals surface area contributed by atoms with Crippen LogP contribution in [0.5, 0.6) is 0 Å². The zero-order chi connectivity index (χ0) is 10.4. The summed E-state index contributed by atoms with van der Waals surface area (Å²) in [5.41, 5.74) is 5.63. The van der Waals surface area contributed by atoms with E-state index < -0.39 is 0 Å². The summed E-state index contributed by atoms with van der Waals surface area (Å²) in [5, 5.41) is 0. The van der Waals surface area contributed by atoms with Crippen LogP contribution in [-0.2, 0) is 4.79 Å². The van der Waals surface area contributed by atoms with Gasteiger partial charge in [0, 0.05) is 13.1 Å². The van der Waals surface area contributed by atoms with Gasteiger partial charge in [-0.3, -0.25) is 4.79 Å². The molecule has 0 aromatic rings. The van der Waals surface area contributed by atoms with Gasteiger partial charge in [-0.1, -0.05) is 6.42 Å². The summed E-state index contributed by atoms with van der Waals surface area (Å²) < 4.78 is 0. The third-order valence-electron chi connectivity index (χ3n) is 2.62. The van der Waals surface area contributed by atoms with Crippen molar-refractivity contribution in [2.24, 2.45) is 5.73 Å². The van der Waals surface area contributed by atoms with Crippen LogP contribution in [0, 0.1) is 0 Å². The highest BCUT2D eigenvalue weighted by Crippen LogP contribution is 2.11. The summed E-state index contributed by atoms with van der Waals surface area (Å²) in [7, 11) is 0. The Morgan fingerprint density at radius 3 is 2.86 bits per heavy atom. The van der Waals surface area contributed by atoms with Gasteiger partial charge >= 0.3 is 0 Å². The maximum absolute atomic E-state index is 11.4. The molecule has 0 radical (unpaired) electrons. The van der Waals surface area contributed by atoms with Crippen LogP contribution in [0.4, 0.5) is 0 Å². The summed E-state index contributed by atoms with van der Waals surface area (Å²) >= 11 is 1.88. The van der Waals surface area contributed by atoms with Crippen molar-refractivity contribution in [2.75, 3.05) is 25.1 Å². The summed E-state index contributed by atoms with van der Waals surface area (Å²) in [5.74, 6) is 1.38. The number of nitrogens with zero attached hydrogens (tertiary/aromatic N) is 1. The third kappa shape index (κ3) is 3.50. The standard InChI is InChI=1S/C10H20N2OS/c1-14-8-4-2-3-6-12-7-5-9(11)10(12)13/h9H,2-8,11H2,1H3. The first-order valence-electron chi connectivity index (χ1n) is 5.29. The first-order chi connectivity index (χ1) is 6.75. The van der Waals surface area contributed by atoms with Gasteiger partial charge < -0.3 is 10.6 Å². The molecule has 4 heteroatoms. The molecule has 0 spiro atoms. The van der Waals surface area contributed by atoms with Gasteiger partial charge in [0.15, 0.2) is 0 Å². The highest BCUT2D eigenvalue weighted by atomic mass is 32.2. The molecule has 82 valence electrons. The maximum atomic E-state index is 11.4. The van der Waals surface area contributed by atoms with Crippen molar-refractivity contribution in [3.63, 3.8) is 0 Å². The van der Waals surface area contributed by atoms with Crippen molar-refractivity contribution in [3.05, 3.63) is 0 Å². The molecule has 1 aliphatic heterocycles. The van der Waals surface area contributed by atoms with Gasteiger partial charge in [0.1, 0.15) is 0 Å². The topological polar surface area (TPSA) is 46.3 Å². The lowest BCUT2D eigenvalue weighted by Gasteiger charge is -2.15. The highest BCUT2D eigenvalue weighted by molar-refractivity contribution is 7.98. The molecular formula is C10H20N2OS. The summed E-state index contributed by atoms with van der Waals surface area (Å²) in [6, 6.07) is -0.221. The van der Waals surface area contributed by atoms with Crippen molar-refractivity contribution in [1.82, 2.24) is 4.90 Å². The van der Waals surface area contributed by atoms with Crippen LogP contribution in [0.15, 0.2) is 0 Å². The number of rotatable bonds is 6. The van der Waals surface area contributed by atoms with Gasteiger partial charge in [-0.25, -0.2) is 0 Å². The monoisotopic (exact) mass is 216 g/mol. The fourth-order valence-corrected chi connectivity index (χ4v) is 2.20. The van der Waals surface area contributed by atoms with Crippen molar-refractivity contribution in [2.45, 2.75) is 31.7 Å². The number of unbranched alkanes of at least 4 members (excludes halogenated alkanes) is 2. The average Bonchev–Trinajstić information content (AvgIpc) is 2.49. The Bertz CT molecular complexity index is 187. The summed E-state index contributed by atoms with van der Waals surface area (Å²) in [6.07, 6.45) is 6.57. The minimum Gasteiger partial charge on any atom is -0.341 e. The zero-order valence-corrected chi connectivity index (χ0v) is 9.68. The third-order valence-corrected chi connectivity index (χ3v) is 3.31. The van der Waals surface area contributed by atoms with E-state index in [0.29, 0.717) is 0 Å². The molecule has 14 heavy (non-hydrogen) atoms. The molecule has 0 aliphatic carbocycles. The number of carbonyl (C=O) groups is 1. The molecule has 2 N–H and O–H groups in total. The molecule has 0 aromatic heterocycles. The van der Waals surface area contributed by atoms with Crippen LogP contribution in [-0.4, -0.2) is 41.9 Å². The van der Waals surface area contributed by atoms with Gasteiger partial charge in [0.05, 0.1) is 6.04 Å². The summed E-state index contributed by atoms with van der Waals surface area (Å²) in [6.45, 7) is 1.77. The second-order valence-electron chi connectivity index (χ2n) is 3.77. The van der Waals surface area contributed by atoms with Crippen molar-refractivity contribution < 1.29 is 4.79 Å². The minimum absolute atomic E-state index is 0.148. The van der Waals surface area contributed by atoms with Crippen LogP contribution in [0.2, 0.25) is 0 Å². The van der Waals surface area contributed by atoms with Crippen LogP contribution in [0.3, 0.4) is 0 Å². The Kier molecular flexibility index (Phi) is 5.33. The SMILES string of the molecule is CSCCCCCN1CCC(N)C1=O. The first-order valence-corrected chi connectivity index (χ1v) is 6.68. The molecule has 1 fully saturated rings. The Morgan fingerprint density at radius 1 is 1.50 bits per heavy atom. The Balaban J connectivity index is 2.04. The minimum atomic E-state index is -0.221. The Labute approximate surface area is 90.4 Å². The maximum Gasteiger partial charge on any atom is 0.239 e. The van der Waals surface area contributed by atoms with Gasteiger partial charge in [0.2, 0.25) is 5.91 Å². The molecular weight excluding hydrogens is 196 g/mol. The average molecular weight is 216 g/mol. The van der Waals surface area contributed by atoms with E-state index in [0.717, 1.165) is 25.9 Å². The molecule has 1 saturated heterocycles. The molecule has 0 aromatic carbocycles. The number of hydrogen-bond donors (Lipinski definition) is 1. The first kappa shape index (κ1) is 11.9. The molecule has 1 unspecified atom stereocenters. The van der Waals surface area contributed by atoms with E-state index >= 15 is 0 Å². The van der Waals surface area contributed by atoms with Crippen molar-refractivity contribution in [1.29, 1.82) is 0 Å². The number of amides is 1. The van der Waals surface area contributed by atoms with E-state index in [-0.39, 0.29) is 11.9 Å². The number of hydrogen-bond acceptors (Lipinski definition) is 3. The quantitative estimate of drug-likeness (QED) is 0.676. The fraction of sp³-hybridized carbons (Fsp3) is 0.900. The van der Waals surface area contributed by atoms with E-state index in [1.54, 1.807) is 0 Å². The lowest BCUT2D eigenvalue weighted by Crippen LogP contribution is -2.34. The molecule has 0 bridgehead atoms. The largest absolute Gasteiger partial charge is 0.341 e. The van der Waals surface area contributed by atoms with Gasteiger partial charge in [-0.15, -0.1) is 0 Å². The zero-order valence-electron chi connectivity index (χ0n) is 8.87. The van der Waals surface area contributed by atoms with E-state index in [9.17, 15) is 4.79 Å². The highest BCUT2D eigenvalue weighted by Gasteiger charge is 2.27. The molecule has 1 amide bonds. The van der Waals surface area contributed by atoms with Crippen LogP contribution < -0.4 is 5.73 Å². The lowest BCUT2D eigenvalue weighted by molar-refractivity contribution is -0.128. The van der Waals surface area contributed by atoms with Crippen molar-refractivity contribution >= 4 is 17.7 Å². The van der Waals surface area contributed by atoms with Gasteiger partial charge in [-0.05, 0) is 31.3 Å². The second kappa shape index (κ2) is 6.30. The van der Waals surface area contributed by atoms with Gasteiger partial charge in [-0.2, -0.15) is 11.8 Å². The van der Waals surface area contributed by atoms with E-state index in [2.05, 4.69) is 6.26 Å². The van der Waals surface area contributed by atoms with E-state index in [1.165, 1.54) is 18.6 Å². The molecule has 1 heterocycles. The normalized spacial score (nSPS) is 22.0. The van der Waals surface area contributed by atoms with E-state index in [1.807, 2.05) is 16.7 Å². The Hall–Kier alpha value is -0.220. The predicted molar refractivity (Wildman–Crippen MR) is 61.4 cm³/mol. The lowest BCUT2D eigenvalue weighted by atomic mass is 10.2. The van der Waals surface area contributed by atoms with E-state index in [4.69, 9.17) is 5.73 Å². The smallest absolute Gasteiger partial charge is 0.239 e. The number of thioether (sulfide) groups is 1. The molecule has 3 nitrogen and oxygen atoms in total. The van der Waals surface area contributed by atoms with Crippen LogP contribution >= 0.6 is 11.8 Å². The molecule has 1 rings (SSSR count). The summed E-state index contributed by atoms with van der Waals surface area (Å²) in [4.78, 5) is 13.3. The van der Waals surface area contributed by atoms with Gasteiger partial charge in [0.25, 0.3) is 0 Å². The molecule has 0 saturated carbocycles. The van der Waals surface area contributed by atoms with Crippen LogP contribution in [0.25, 0.3) is 0 Å². The number of nitrogens with two attached hydrogens (primary N) is 1. The van der Waals surface area contributed by atoms with Crippen molar-refractivity contribution in [3.8, 4) is 0 Å². The predicted octanol–water partition coefficient (Wildman–Crippen LogP) is 1.08. The molecule has 1 aliphatic rings. The number of likely N-dealkylation sites (tertiary alicyclic amines) is 1. The number of carbonyl (C=O) groups excluding carboxylic acids is 1. The fourth-order valence-electron chi connectivity index (χ4n) is 1.71. The Morgan fingerprint density at radius 2 is 2.29 bits per heavy atom. The van der Waals surface area contributed by atoms with Crippen LogP contribution in [0.1, 0.15) is 25.7 Å². The molecule has 1 atom stereocenters. The second-order valence-corrected chi connectivity index (χ2v) is 4.76.